The summed E-state index contributed by atoms with van der Waals surface area (Å²) < 4.78 is 36.1. The lowest BCUT2D eigenvalue weighted by Gasteiger charge is -2.33. The fourth-order valence-electron chi connectivity index (χ4n) is 3.24. The van der Waals surface area contributed by atoms with Crippen LogP contribution < -0.4 is 16.5 Å². The number of rotatable bonds is 6. The van der Waals surface area contributed by atoms with Gasteiger partial charge in [0.25, 0.3) is 0 Å². The van der Waals surface area contributed by atoms with E-state index in [0.717, 1.165) is 0 Å². The van der Waals surface area contributed by atoms with Gasteiger partial charge in [0.05, 0.1) is 24.4 Å². The minimum absolute atomic E-state index is 0.00431. The smallest absolute Gasteiger partial charge is 0.387 e. The van der Waals surface area contributed by atoms with Crippen LogP contribution in [0.1, 0.15) is 12.5 Å². The van der Waals surface area contributed by atoms with Crippen LogP contribution in [0.4, 0.5) is 11.6 Å². The summed E-state index contributed by atoms with van der Waals surface area (Å²) in [5.74, 6) is 5.70. The van der Waals surface area contributed by atoms with Gasteiger partial charge in [0.15, 0.2) is 6.23 Å². The highest BCUT2D eigenvalue weighted by molar-refractivity contribution is 7.60. The number of phosphoric acid groups is 2. The fourth-order valence-corrected chi connectivity index (χ4v) is 4.84. The number of nitrogens with zero attached hydrogens (tertiary/aromatic N) is 4. The van der Waals surface area contributed by atoms with Crippen LogP contribution in [0, 0.1) is 0 Å². The number of aliphatic hydroxyl groups is 2. The van der Waals surface area contributed by atoms with E-state index >= 15 is 0 Å². The van der Waals surface area contributed by atoms with Gasteiger partial charge in [-0.3, -0.25) is 4.52 Å². The van der Waals surface area contributed by atoms with Crippen molar-refractivity contribution in [1.29, 1.82) is 0 Å². The van der Waals surface area contributed by atoms with E-state index in [1.165, 1.54) is 18.2 Å². The zero-order valence-electron chi connectivity index (χ0n) is 15.3. The number of fused-ring (bicyclic) bond motifs is 1. The molecule has 2 aliphatic rings. The molecule has 0 bridgehead atoms. The van der Waals surface area contributed by atoms with E-state index in [1.54, 1.807) is 0 Å². The van der Waals surface area contributed by atoms with Gasteiger partial charge >= 0.3 is 15.6 Å². The second-order valence-electron chi connectivity index (χ2n) is 6.70. The van der Waals surface area contributed by atoms with Gasteiger partial charge in [-0.1, -0.05) is 0 Å². The third kappa shape index (κ3) is 4.33. The maximum atomic E-state index is 11.6. The summed E-state index contributed by atoms with van der Waals surface area (Å²) in [6, 6.07) is 0. The molecule has 3 heterocycles. The molecule has 30 heavy (non-hydrogen) atoms. The van der Waals surface area contributed by atoms with Crippen LogP contribution in [-0.4, -0.2) is 77.8 Å². The van der Waals surface area contributed by atoms with E-state index in [-0.39, 0.29) is 18.2 Å². The normalized spacial score (nSPS) is 32.4. The molecule has 0 aromatic carbocycles. The standard InChI is InChI=1S/C12H20N6O10P2/c1-12(20)8(19)6(3-26-30(24,25)28-29(21,22)23)27-11(12)18-2-5(17-14)7-9(13)15-4-16-10(7)18/h4,6,8,11,19-20H,2-3,14H2,1H3,(H,24,25)(H2,13,15,16)(H2,21,22,23)/t6-,8-,11-,12-/m1/s1. The Morgan fingerprint density at radius 2 is 2.07 bits per heavy atom. The summed E-state index contributed by atoms with van der Waals surface area (Å²) in [6.45, 7) is 0.399. The van der Waals surface area contributed by atoms with E-state index in [2.05, 4.69) is 23.9 Å². The highest BCUT2D eigenvalue weighted by Crippen LogP contribution is 2.57. The van der Waals surface area contributed by atoms with Crippen LogP contribution in [0.25, 0.3) is 0 Å². The molecule has 1 fully saturated rings. The quantitative estimate of drug-likeness (QED) is 0.130. The largest absolute Gasteiger partial charge is 0.481 e. The van der Waals surface area contributed by atoms with E-state index in [0.29, 0.717) is 11.3 Å². The number of anilines is 2. The molecule has 0 amide bonds. The van der Waals surface area contributed by atoms with E-state index in [4.69, 9.17) is 26.1 Å². The first-order chi connectivity index (χ1) is 13.8. The summed E-state index contributed by atoms with van der Waals surface area (Å²) in [6.07, 6.45) is -3.11. The molecule has 0 spiro atoms. The van der Waals surface area contributed by atoms with Gasteiger partial charge in [-0.2, -0.15) is 9.41 Å². The summed E-state index contributed by atoms with van der Waals surface area (Å²) >= 11 is 0. The van der Waals surface area contributed by atoms with Gasteiger partial charge in [0, 0.05) is 0 Å². The molecule has 1 aromatic rings. The maximum absolute atomic E-state index is 11.6. The fraction of sp³-hybridized carbons (Fsp3) is 0.583. The third-order valence-electron chi connectivity index (χ3n) is 4.54. The van der Waals surface area contributed by atoms with Gasteiger partial charge in [-0.25, -0.2) is 19.1 Å². The van der Waals surface area contributed by atoms with Crippen molar-refractivity contribution in [2.45, 2.75) is 31.0 Å². The molecule has 16 nitrogen and oxygen atoms in total. The van der Waals surface area contributed by atoms with Gasteiger partial charge < -0.3 is 46.1 Å². The lowest BCUT2D eigenvalue weighted by Crippen LogP contribution is -2.53. The molecule has 0 saturated carbocycles. The first-order valence-corrected chi connectivity index (χ1v) is 11.2. The lowest BCUT2D eigenvalue weighted by atomic mass is 9.96. The van der Waals surface area contributed by atoms with Crippen molar-refractivity contribution >= 4 is 33.0 Å². The van der Waals surface area contributed by atoms with Crippen molar-refractivity contribution in [3.63, 3.8) is 0 Å². The Kier molecular flexibility index (Phi) is 5.94. The lowest BCUT2D eigenvalue weighted by molar-refractivity contribution is -0.0626. The summed E-state index contributed by atoms with van der Waals surface area (Å²) in [7, 11) is -10.5. The number of nitrogens with two attached hydrogens (primary N) is 2. The van der Waals surface area contributed by atoms with Crippen LogP contribution in [-0.2, 0) is 22.7 Å². The van der Waals surface area contributed by atoms with Crippen LogP contribution in [0.15, 0.2) is 11.4 Å². The van der Waals surface area contributed by atoms with Crippen molar-refractivity contribution in [2.75, 3.05) is 23.8 Å². The predicted octanol–water partition coefficient (Wildman–Crippen LogP) is -2.40. The average molecular weight is 470 g/mol. The Bertz CT molecular complexity index is 953. The highest BCUT2D eigenvalue weighted by atomic mass is 31.3. The van der Waals surface area contributed by atoms with Gasteiger partial charge in [-0.15, -0.1) is 0 Å². The molecule has 1 aromatic heterocycles. The Morgan fingerprint density at radius 3 is 2.67 bits per heavy atom. The van der Waals surface area contributed by atoms with Crippen molar-refractivity contribution in [1.82, 2.24) is 9.97 Å². The predicted molar refractivity (Wildman–Crippen MR) is 98.7 cm³/mol. The number of hydrazone groups is 1. The summed E-state index contributed by atoms with van der Waals surface area (Å²) in [5, 5.41) is 24.9. The topological polar surface area (TPSA) is 256 Å². The van der Waals surface area contributed by atoms with E-state index in [1.807, 2.05) is 0 Å². The first kappa shape index (κ1) is 23.0. The number of nitrogen functional groups attached to an aromatic ring is 1. The molecule has 18 heteroatoms. The monoisotopic (exact) mass is 470 g/mol. The molecule has 1 saturated heterocycles. The SMILES string of the molecule is C[C@@]1(O)[C@H](O)[C@@H](COP(=O)(O)OP(=O)(O)O)O[C@H]1N1CC(=NN)c2c(N)ncnc21. The number of aromatic nitrogens is 2. The van der Waals surface area contributed by atoms with Crippen molar-refractivity contribution in [2.24, 2.45) is 10.9 Å². The Hall–Kier alpha value is -1.71. The average Bonchev–Trinajstić information content (AvgIpc) is 3.08. The Morgan fingerprint density at radius 1 is 1.40 bits per heavy atom. The van der Waals surface area contributed by atoms with Crippen LogP contribution >= 0.6 is 15.6 Å². The number of hydrogen-bond donors (Lipinski definition) is 7. The minimum atomic E-state index is -5.32. The van der Waals surface area contributed by atoms with Gasteiger partial charge in [-0.05, 0) is 6.92 Å². The van der Waals surface area contributed by atoms with Crippen LogP contribution in [0.5, 0.6) is 0 Å². The van der Waals surface area contributed by atoms with Gasteiger partial charge in [0.2, 0.25) is 0 Å². The molecule has 9 N–H and O–H groups in total. The van der Waals surface area contributed by atoms with Crippen LogP contribution in [0.2, 0.25) is 0 Å². The zero-order chi connectivity index (χ0) is 22.5. The minimum Gasteiger partial charge on any atom is -0.387 e. The van der Waals surface area contributed by atoms with Crippen molar-refractivity contribution < 1.29 is 47.6 Å². The molecular formula is C12H20N6O10P2. The molecule has 0 radical (unpaired) electrons. The Labute approximate surface area is 168 Å². The van der Waals surface area contributed by atoms with E-state index < -0.39 is 46.3 Å². The second kappa shape index (κ2) is 7.76. The number of ether oxygens (including phenoxy) is 1. The van der Waals surface area contributed by atoms with E-state index in [9.17, 15) is 24.2 Å². The number of phosphoric ester groups is 1. The summed E-state index contributed by atoms with van der Waals surface area (Å²) in [4.78, 5) is 36.0. The number of aliphatic hydroxyl groups excluding tert-OH is 1. The molecule has 168 valence electrons. The molecule has 5 atom stereocenters. The zero-order valence-corrected chi connectivity index (χ0v) is 17.1. The molecule has 0 aliphatic carbocycles. The molecule has 1 unspecified atom stereocenters. The molecular weight excluding hydrogens is 450 g/mol. The first-order valence-electron chi connectivity index (χ1n) is 8.21. The van der Waals surface area contributed by atoms with Gasteiger partial charge in [0.1, 0.15) is 35.8 Å². The summed E-state index contributed by atoms with van der Waals surface area (Å²) in [5.41, 5.74) is 4.52. The third-order valence-corrected chi connectivity index (χ3v) is 6.69. The molecule has 2 aliphatic heterocycles. The highest BCUT2D eigenvalue weighted by Gasteiger charge is 2.56. The maximum Gasteiger partial charge on any atom is 0.481 e. The van der Waals surface area contributed by atoms with Crippen molar-refractivity contribution in [3.05, 3.63) is 11.9 Å². The Balaban J connectivity index is 1.81. The van der Waals surface area contributed by atoms with Crippen molar-refractivity contribution in [3.8, 4) is 0 Å². The second-order valence-corrected chi connectivity index (χ2v) is 9.52. The molecule has 3 rings (SSSR count). The number of hydrogen-bond acceptors (Lipinski definition) is 13. The van der Waals surface area contributed by atoms with Crippen LogP contribution in [0.3, 0.4) is 0 Å².